The van der Waals surface area contributed by atoms with E-state index in [1.807, 2.05) is 0 Å². The zero-order valence-corrected chi connectivity index (χ0v) is 19.2. The van der Waals surface area contributed by atoms with Crippen LogP contribution in [0.2, 0.25) is 0 Å². The molecule has 3 saturated carbocycles. The minimum absolute atomic E-state index is 0.0943. The number of hydrogen-bond acceptors (Lipinski definition) is 1. The van der Waals surface area contributed by atoms with Gasteiger partial charge in [-0.05, 0) is 97.7 Å². The van der Waals surface area contributed by atoms with E-state index in [4.69, 9.17) is 1.37 Å². The van der Waals surface area contributed by atoms with Crippen molar-refractivity contribution in [3.8, 4) is 0 Å². The van der Waals surface area contributed by atoms with Gasteiger partial charge in [-0.1, -0.05) is 65.5 Å². The average Bonchev–Trinajstić information content (AvgIpc) is 3.03. The summed E-state index contributed by atoms with van der Waals surface area (Å²) in [5, 5.41) is 10.2. The Labute approximate surface area is 176 Å². The number of fused-ring (bicyclic) bond motifs is 5. The van der Waals surface area contributed by atoms with Crippen molar-refractivity contribution in [1.82, 2.24) is 0 Å². The molecule has 0 saturated heterocycles. The Bertz CT molecular complexity index is 626. The van der Waals surface area contributed by atoms with Crippen LogP contribution in [0.1, 0.15) is 107 Å². The van der Waals surface area contributed by atoms with Gasteiger partial charge in [0.2, 0.25) is 0 Å². The highest BCUT2D eigenvalue weighted by Gasteiger charge is 2.59. The highest BCUT2D eigenvalue weighted by atomic mass is 16.3. The van der Waals surface area contributed by atoms with Crippen molar-refractivity contribution in [3.63, 3.8) is 0 Å². The van der Waals surface area contributed by atoms with Crippen LogP contribution in [0.3, 0.4) is 0 Å². The van der Waals surface area contributed by atoms with E-state index >= 15 is 0 Å². The van der Waals surface area contributed by atoms with Crippen LogP contribution in [-0.2, 0) is 0 Å². The summed E-state index contributed by atoms with van der Waals surface area (Å²) in [6, 6.07) is 0. The molecule has 160 valence electrons. The summed E-state index contributed by atoms with van der Waals surface area (Å²) >= 11 is 0. The quantitative estimate of drug-likeness (QED) is 0.488. The number of rotatable bonds is 5. The Kier molecular flexibility index (Phi) is 5.44. The topological polar surface area (TPSA) is 20.2 Å². The fraction of sp³-hybridized carbons (Fsp3) is 0.926. The molecule has 0 spiro atoms. The van der Waals surface area contributed by atoms with E-state index in [-0.39, 0.29) is 12.5 Å². The van der Waals surface area contributed by atoms with E-state index < -0.39 is 0 Å². The number of aliphatic hydroxyl groups excluding tert-OH is 1. The molecule has 28 heavy (non-hydrogen) atoms. The lowest BCUT2D eigenvalue weighted by molar-refractivity contribution is -0.0573. The first kappa shape index (κ1) is 19.7. The summed E-state index contributed by atoms with van der Waals surface area (Å²) in [5.74, 6) is 4.73. The van der Waals surface area contributed by atoms with Gasteiger partial charge in [0.25, 0.3) is 0 Å². The molecule has 0 unspecified atom stereocenters. The van der Waals surface area contributed by atoms with Crippen LogP contribution in [0.25, 0.3) is 0 Å². The highest BCUT2D eigenvalue weighted by molar-refractivity contribution is 5.25. The lowest BCUT2D eigenvalue weighted by Crippen LogP contribution is -2.50. The molecule has 0 aliphatic heterocycles. The summed E-state index contributed by atoms with van der Waals surface area (Å²) < 4.78 is 8.34. The van der Waals surface area contributed by atoms with Crippen molar-refractivity contribution in [2.75, 3.05) is 0 Å². The van der Waals surface area contributed by atoms with Crippen LogP contribution >= 0.6 is 0 Å². The Morgan fingerprint density at radius 2 is 1.89 bits per heavy atom. The molecule has 0 radical (unpaired) electrons. The molecular weight excluding hydrogens is 340 g/mol. The maximum absolute atomic E-state index is 10.2. The maximum Gasteiger partial charge on any atom is 0.0577 e. The first-order valence-corrected chi connectivity index (χ1v) is 12.5. The third-order valence-corrected chi connectivity index (χ3v) is 10.1. The largest absolute Gasteiger partial charge is 0.393 e. The van der Waals surface area contributed by atoms with Gasteiger partial charge in [-0.25, -0.2) is 0 Å². The third kappa shape index (κ3) is 3.42. The number of hydrogen-bond donors (Lipinski definition) is 1. The fourth-order valence-corrected chi connectivity index (χ4v) is 8.51. The summed E-state index contributed by atoms with van der Waals surface area (Å²) in [6.45, 7) is 12.1. The predicted molar refractivity (Wildman–Crippen MR) is 119 cm³/mol. The molecule has 9 atom stereocenters. The average molecular weight is 388 g/mol. The van der Waals surface area contributed by atoms with Crippen molar-refractivity contribution in [2.24, 2.45) is 46.3 Å². The molecule has 4 rings (SSSR count). The van der Waals surface area contributed by atoms with Gasteiger partial charge < -0.3 is 5.11 Å². The summed E-state index contributed by atoms with van der Waals surface area (Å²) in [5.41, 5.74) is 2.48. The van der Waals surface area contributed by atoms with Gasteiger partial charge in [-0.15, -0.1) is 0 Å². The fourth-order valence-electron chi connectivity index (χ4n) is 8.51. The van der Waals surface area contributed by atoms with Crippen molar-refractivity contribution in [3.05, 3.63) is 11.6 Å². The predicted octanol–water partition coefficient (Wildman–Crippen LogP) is 7.39. The molecule has 0 aromatic carbocycles. The first-order valence-electron chi connectivity index (χ1n) is 13.0. The maximum atomic E-state index is 10.2. The minimum Gasteiger partial charge on any atom is -0.393 e. The SMILES string of the molecule is [2H][C@@H](CC[C@@H](C)[C@H]1CC[C@H]2[C@@H]3CC=C4C[C@@H](O)CC[C@]4(C)[C@H]3CC[C@]12C)C(C)C. The molecule has 0 amide bonds. The lowest BCUT2D eigenvalue weighted by atomic mass is 9.47. The molecule has 3 fully saturated rings. The number of allylic oxidation sites excluding steroid dienone is 1. The zero-order valence-electron chi connectivity index (χ0n) is 20.2. The smallest absolute Gasteiger partial charge is 0.0577 e. The normalized spacial score (nSPS) is 48.2. The monoisotopic (exact) mass is 387 g/mol. The van der Waals surface area contributed by atoms with E-state index in [0.29, 0.717) is 16.7 Å². The van der Waals surface area contributed by atoms with Crippen molar-refractivity contribution < 1.29 is 6.48 Å². The van der Waals surface area contributed by atoms with E-state index in [1.165, 1.54) is 44.9 Å². The third-order valence-electron chi connectivity index (χ3n) is 10.1. The van der Waals surface area contributed by atoms with E-state index in [2.05, 4.69) is 40.7 Å². The second kappa shape index (κ2) is 7.75. The van der Waals surface area contributed by atoms with Gasteiger partial charge in [-0.2, -0.15) is 0 Å². The van der Waals surface area contributed by atoms with Gasteiger partial charge in [0.1, 0.15) is 0 Å². The molecule has 1 heteroatoms. The Hall–Kier alpha value is -0.300. The zero-order chi connectivity index (χ0) is 21.0. The van der Waals surface area contributed by atoms with Crippen molar-refractivity contribution >= 4 is 0 Å². The molecular formula is C27H46O. The lowest BCUT2D eigenvalue weighted by Gasteiger charge is -2.58. The van der Waals surface area contributed by atoms with Gasteiger partial charge in [0.15, 0.2) is 0 Å². The van der Waals surface area contributed by atoms with Crippen LogP contribution in [0.4, 0.5) is 0 Å². The Morgan fingerprint density at radius 3 is 2.64 bits per heavy atom. The van der Waals surface area contributed by atoms with E-state index in [0.717, 1.165) is 48.9 Å². The van der Waals surface area contributed by atoms with Crippen molar-refractivity contribution in [1.29, 1.82) is 0 Å². The molecule has 0 aromatic rings. The van der Waals surface area contributed by atoms with Crippen LogP contribution < -0.4 is 0 Å². The van der Waals surface area contributed by atoms with Crippen LogP contribution in [-0.4, -0.2) is 11.2 Å². The molecule has 1 N–H and O–H groups in total. The molecule has 0 bridgehead atoms. The second-order valence-electron chi connectivity index (χ2n) is 11.9. The summed E-state index contributed by atoms with van der Waals surface area (Å²) in [4.78, 5) is 0. The van der Waals surface area contributed by atoms with Crippen molar-refractivity contribution in [2.45, 2.75) is 111 Å². The first-order chi connectivity index (χ1) is 13.7. The summed E-state index contributed by atoms with van der Waals surface area (Å²) in [7, 11) is 0. The molecule has 4 aliphatic rings. The van der Waals surface area contributed by atoms with Gasteiger partial charge >= 0.3 is 0 Å². The highest BCUT2D eigenvalue weighted by Crippen LogP contribution is 2.67. The Morgan fingerprint density at radius 1 is 1.11 bits per heavy atom. The van der Waals surface area contributed by atoms with Gasteiger partial charge in [-0.3, -0.25) is 0 Å². The number of aliphatic hydroxyl groups is 1. The second-order valence-corrected chi connectivity index (χ2v) is 11.9. The molecule has 1 nitrogen and oxygen atoms in total. The van der Waals surface area contributed by atoms with Crippen LogP contribution in [0.15, 0.2) is 11.6 Å². The molecule has 0 heterocycles. The van der Waals surface area contributed by atoms with Crippen LogP contribution in [0, 0.1) is 46.3 Å². The Balaban J connectivity index is 1.49. The van der Waals surface area contributed by atoms with E-state index in [1.54, 1.807) is 5.57 Å². The van der Waals surface area contributed by atoms with Gasteiger partial charge in [0, 0.05) is 1.37 Å². The van der Waals surface area contributed by atoms with Gasteiger partial charge in [0.05, 0.1) is 6.10 Å². The molecule has 0 aromatic heterocycles. The van der Waals surface area contributed by atoms with E-state index in [9.17, 15) is 5.11 Å². The molecule has 4 aliphatic carbocycles. The minimum atomic E-state index is -0.0943. The standard InChI is InChI=1S/C27H46O/c1-18(2)7-6-8-19(3)23-11-12-24-22-10-9-20-17-21(28)13-15-26(20,4)25(22)14-16-27(23,24)5/h9,18-19,21-25,28H,6-8,10-17H2,1-5H3/t19-,21+,22+,23-,24+,25+,26+,27-/m1/s1/i7D/t7-,19+,21-,22-,23+,24-,25-,26-,27+/m0. The summed E-state index contributed by atoms with van der Waals surface area (Å²) in [6.07, 6.45) is 15.0. The van der Waals surface area contributed by atoms with Crippen LogP contribution in [0.5, 0.6) is 0 Å².